The molecule has 128 valence electrons. The van der Waals surface area contributed by atoms with Crippen molar-refractivity contribution < 1.29 is 4.79 Å². The Morgan fingerprint density at radius 2 is 2.08 bits per heavy atom. The van der Waals surface area contributed by atoms with E-state index >= 15 is 0 Å². The van der Waals surface area contributed by atoms with Crippen molar-refractivity contribution in [1.82, 2.24) is 14.8 Å². The van der Waals surface area contributed by atoms with Gasteiger partial charge in [-0.05, 0) is 56.5 Å². The molecule has 0 saturated heterocycles. The van der Waals surface area contributed by atoms with E-state index in [0.717, 1.165) is 40.6 Å². The number of carbonyl (C=O) groups excluding carboxylic acids is 1. The number of carbonyl (C=O) groups is 1. The molecule has 0 bridgehead atoms. The molecule has 0 N–H and O–H groups in total. The van der Waals surface area contributed by atoms with Crippen LogP contribution >= 0.6 is 15.9 Å². The van der Waals surface area contributed by atoms with Crippen molar-refractivity contribution in [2.45, 2.75) is 32.7 Å². The molecule has 1 aromatic carbocycles. The summed E-state index contributed by atoms with van der Waals surface area (Å²) in [5.74, 6) is -0.00466. The quantitative estimate of drug-likeness (QED) is 0.643. The van der Waals surface area contributed by atoms with Gasteiger partial charge in [-0.15, -0.1) is 0 Å². The molecule has 0 fully saturated rings. The number of amides is 1. The van der Waals surface area contributed by atoms with Gasteiger partial charge in [-0.2, -0.15) is 5.10 Å². The molecule has 2 aromatic heterocycles. The summed E-state index contributed by atoms with van der Waals surface area (Å²) in [5, 5.41) is 5.27. The molecule has 5 nitrogen and oxygen atoms in total. The lowest BCUT2D eigenvalue weighted by Crippen LogP contribution is -2.35. The molecule has 0 radical (unpaired) electrons. The molecule has 3 aromatic rings. The summed E-state index contributed by atoms with van der Waals surface area (Å²) in [5.41, 5.74) is 3.62. The van der Waals surface area contributed by atoms with Gasteiger partial charge in [0.15, 0.2) is 5.65 Å². The zero-order valence-corrected chi connectivity index (χ0v) is 15.8. The summed E-state index contributed by atoms with van der Waals surface area (Å²) in [4.78, 5) is 19.4. The molecule has 0 spiro atoms. The van der Waals surface area contributed by atoms with Crippen LogP contribution in [0.4, 0.5) is 5.69 Å². The maximum absolute atomic E-state index is 13.1. The third-order valence-electron chi connectivity index (χ3n) is 4.57. The number of fused-ring (bicyclic) bond motifs is 2. The highest BCUT2D eigenvalue weighted by Crippen LogP contribution is 2.31. The minimum atomic E-state index is -0.00466. The fraction of sp³-hybridized carbons (Fsp3) is 0.316. The van der Waals surface area contributed by atoms with Gasteiger partial charge in [0.1, 0.15) is 0 Å². The summed E-state index contributed by atoms with van der Waals surface area (Å²) in [7, 11) is 0. The monoisotopic (exact) mass is 398 g/mol. The minimum absolute atomic E-state index is 0.00466. The third-order valence-corrected chi connectivity index (χ3v) is 5.07. The van der Waals surface area contributed by atoms with Crippen molar-refractivity contribution in [3.05, 3.63) is 52.3 Å². The molecule has 25 heavy (non-hydrogen) atoms. The van der Waals surface area contributed by atoms with Crippen molar-refractivity contribution in [2.75, 3.05) is 11.4 Å². The average Bonchev–Trinajstić information content (AvgIpc) is 3.03. The number of nitrogens with zero attached hydrogens (tertiary/aromatic N) is 4. The predicted octanol–water partition coefficient (Wildman–Crippen LogP) is 4.37. The van der Waals surface area contributed by atoms with Crippen molar-refractivity contribution in [3.8, 4) is 0 Å². The zero-order valence-electron chi connectivity index (χ0n) is 14.2. The van der Waals surface area contributed by atoms with Gasteiger partial charge in [0.2, 0.25) is 0 Å². The minimum Gasteiger partial charge on any atom is -0.308 e. The fourth-order valence-corrected chi connectivity index (χ4v) is 3.78. The number of anilines is 1. The number of pyridine rings is 1. The van der Waals surface area contributed by atoms with Crippen LogP contribution in [0.1, 0.15) is 42.2 Å². The number of halogens is 1. The Morgan fingerprint density at radius 1 is 1.24 bits per heavy atom. The van der Waals surface area contributed by atoms with Gasteiger partial charge >= 0.3 is 0 Å². The van der Waals surface area contributed by atoms with Crippen LogP contribution in [0.25, 0.3) is 11.0 Å². The first-order valence-electron chi connectivity index (χ1n) is 8.48. The van der Waals surface area contributed by atoms with Gasteiger partial charge < -0.3 is 4.90 Å². The van der Waals surface area contributed by atoms with Gasteiger partial charge in [0.05, 0.1) is 11.8 Å². The third kappa shape index (κ3) is 2.84. The number of hydrogen-bond acceptors (Lipinski definition) is 3. The van der Waals surface area contributed by atoms with E-state index < -0.39 is 0 Å². The number of aryl methyl sites for hydroxylation is 1. The molecule has 6 heteroatoms. The van der Waals surface area contributed by atoms with E-state index in [-0.39, 0.29) is 11.9 Å². The molecule has 1 amide bonds. The average molecular weight is 399 g/mol. The summed E-state index contributed by atoms with van der Waals surface area (Å²) >= 11 is 3.51. The lowest BCUT2D eigenvalue weighted by atomic mass is 10.0. The second-order valence-corrected chi connectivity index (χ2v) is 7.57. The molecular weight excluding hydrogens is 380 g/mol. The summed E-state index contributed by atoms with van der Waals surface area (Å²) < 4.78 is 2.92. The Kier molecular flexibility index (Phi) is 4.07. The van der Waals surface area contributed by atoms with E-state index in [1.165, 1.54) is 5.56 Å². The molecule has 1 aliphatic rings. The van der Waals surface area contributed by atoms with Crippen LogP contribution in [0.5, 0.6) is 0 Å². The molecular formula is C19H19BrN4O. The predicted molar refractivity (Wildman–Crippen MR) is 102 cm³/mol. The first kappa shape index (κ1) is 16.3. The van der Waals surface area contributed by atoms with Crippen molar-refractivity contribution in [1.29, 1.82) is 0 Å². The number of aromatic nitrogens is 3. The van der Waals surface area contributed by atoms with Gasteiger partial charge in [-0.3, -0.25) is 4.79 Å². The Labute approximate surface area is 154 Å². The lowest BCUT2D eigenvalue weighted by molar-refractivity contribution is 0.0985. The summed E-state index contributed by atoms with van der Waals surface area (Å²) in [6.07, 6.45) is 5.41. The number of rotatable bonds is 2. The molecule has 3 heterocycles. The zero-order chi connectivity index (χ0) is 17.6. The molecule has 0 saturated carbocycles. The van der Waals surface area contributed by atoms with E-state index in [2.05, 4.69) is 45.9 Å². The Morgan fingerprint density at radius 3 is 2.88 bits per heavy atom. The van der Waals surface area contributed by atoms with E-state index in [9.17, 15) is 4.79 Å². The van der Waals surface area contributed by atoms with Crippen LogP contribution in [0.15, 0.2) is 41.1 Å². The molecule has 1 aliphatic heterocycles. The maximum Gasteiger partial charge on any atom is 0.259 e. The first-order chi connectivity index (χ1) is 12.0. The molecule has 0 aliphatic carbocycles. The van der Waals surface area contributed by atoms with Crippen LogP contribution in [0, 0.1) is 0 Å². The van der Waals surface area contributed by atoms with Crippen molar-refractivity contribution in [2.24, 2.45) is 0 Å². The molecule has 0 unspecified atom stereocenters. The second-order valence-electron chi connectivity index (χ2n) is 6.65. The maximum atomic E-state index is 13.1. The van der Waals surface area contributed by atoms with E-state index in [1.807, 2.05) is 27.8 Å². The first-order valence-corrected chi connectivity index (χ1v) is 9.27. The van der Waals surface area contributed by atoms with Crippen LogP contribution < -0.4 is 4.90 Å². The van der Waals surface area contributed by atoms with Gasteiger partial charge in [0.25, 0.3) is 5.91 Å². The van der Waals surface area contributed by atoms with Gasteiger partial charge in [-0.1, -0.05) is 15.9 Å². The highest BCUT2D eigenvalue weighted by Gasteiger charge is 2.24. The highest BCUT2D eigenvalue weighted by atomic mass is 79.9. The Balaban J connectivity index is 1.71. The normalized spacial score (nSPS) is 14.2. The van der Waals surface area contributed by atoms with Crippen molar-refractivity contribution in [3.63, 3.8) is 0 Å². The van der Waals surface area contributed by atoms with E-state index in [4.69, 9.17) is 0 Å². The largest absolute Gasteiger partial charge is 0.308 e. The second kappa shape index (κ2) is 6.26. The van der Waals surface area contributed by atoms with Crippen LogP contribution in [0.2, 0.25) is 0 Å². The SMILES string of the molecule is CC(C)n1ncc2cc(C(=O)N3CCCc4cc(Br)ccc43)cnc21. The van der Waals surface area contributed by atoms with Gasteiger partial charge in [0, 0.05) is 34.3 Å². The smallest absolute Gasteiger partial charge is 0.259 e. The van der Waals surface area contributed by atoms with Gasteiger partial charge in [-0.25, -0.2) is 9.67 Å². The summed E-state index contributed by atoms with van der Waals surface area (Å²) in [6.45, 7) is 4.86. The molecule has 4 rings (SSSR count). The highest BCUT2D eigenvalue weighted by molar-refractivity contribution is 9.10. The van der Waals surface area contributed by atoms with E-state index in [1.54, 1.807) is 12.4 Å². The lowest BCUT2D eigenvalue weighted by Gasteiger charge is -2.29. The summed E-state index contributed by atoms with van der Waals surface area (Å²) in [6, 6.07) is 8.23. The van der Waals surface area contributed by atoms with Crippen LogP contribution in [-0.4, -0.2) is 27.2 Å². The van der Waals surface area contributed by atoms with E-state index in [0.29, 0.717) is 5.56 Å². The number of benzene rings is 1. The van der Waals surface area contributed by atoms with Crippen LogP contribution in [0.3, 0.4) is 0 Å². The van der Waals surface area contributed by atoms with Crippen LogP contribution in [-0.2, 0) is 6.42 Å². The number of hydrogen-bond donors (Lipinski definition) is 0. The Bertz CT molecular complexity index is 963. The topological polar surface area (TPSA) is 51.0 Å². The van der Waals surface area contributed by atoms with Crippen molar-refractivity contribution >= 4 is 38.6 Å². The fourth-order valence-electron chi connectivity index (χ4n) is 3.37. The Hall–Kier alpha value is -2.21. The molecule has 0 atom stereocenters. The standard InChI is InChI=1S/C19H19BrN4O/c1-12(2)24-18-14(11-22-24)8-15(10-21-18)19(25)23-7-3-4-13-9-16(20)5-6-17(13)23/h5-6,8-12H,3-4,7H2,1-2H3.